The van der Waals surface area contributed by atoms with Crippen molar-refractivity contribution in [3.05, 3.63) is 0 Å². The van der Waals surface area contributed by atoms with Crippen LogP contribution in [0, 0.1) is 0 Å². The third-order valence-corrected chi connectivity index (χ3v) is 5.17. The van der Waals surface area contributed by atoms with Crippen molar-refractivity contribution in [1.82, 2.24) is 0 Å². The molecule has 24 heavy (non-hydrogen) atoms. The van der Waals surface area contributed by atoms with E-state index >= 15 is 0 Å². The maximum absolute atomic E-state index is 11.4. The largest absolute Gasteiger partial charge is 1.00 e. The van der Waals surface area contributed by atoms with Gasteiger partial charge in [0.2, 0.25) is 0 Å². The third-order valence-electron chi connectivity index (χ3n) is 5.17. The van der Waals surface area contributed by atoms with Gasteiger partial charge in [-0.2, -0.15) is 0 Å². The van der Waals surface area contributed by atoms with Crippen molar-refractivity contribution in [2.24, 2.45) is 0 Å². The summed E-state index contributed by atoms with van der Waals surface area (Å²) in [4.78, 5) is 11.4. The summed E-state index contributed by atoms with van der Waals surface area (Å²) in [6, 6.07) is 0. The van der Waals surface area contributed by atoms with Crippen LogP contribution in [0.15, 0.2) is 0 Å². The first kappa shape index (κ1) is 26.3. The van der Waals surface area contributed by atoms with Crippen LogP contribution in [0.5, 0.6) is 0 Å². The van der Waals surface area contributed by atoms with Crippen molar-refractivity contribution in [3.8, 4) is 0 Å². The highest BCUT2D eigenvalue weighted by molar-refractivity contribution is 5.65. The molecule has 0 saturated heterocycles. The van der Waals surface area contributed by atoms with E-state index in [1.807, 2.05) is 14.1 Å². The molecule has 0 aliphatic rings. The molecule has 0 rings (SSSR count). The van der Waals surface area contributed by atoms with Crippen LogP contribution in [0.3, 0.4) is 0 Å². The first-order chi connectivity index (χ1) is 11.0. The minimum Gasteiger partial charge on any atom is -1.00 e. The molecule has 0 aliphatic heterocycles. The van der Waals surface area contributed by atoms with Crippen molar-refractivity contribution >= 4 is 5.91 Å². The Morgan fingerprint density at radius 2 is 0.917 bits per heavy atom. The number of quaternary nitrogens is 1. The smallest absolute Gasteiger partial charge is 0.310 e. The first-order valence-electron chi connectivity index (χ1n) is 10.3. The van der Waals surface area contributed by atoms with Gasteiger partial charge < -0.3 is 17.0 Å². The number of carbonyl (C=O) groups is 1. The van der Waals surface area contributed by atoms with E-state index in [1.54, 1.807) is 6.92 Å². The summed E-state index contributed by atoms with van der Waals surface area (Å²) in [5.41, 5.74) is 0. The predicted octanol–water partition coefficient (Wildman–Crippen LogP) is 3.48. The minimum atomic E-state index is 0. The quantitative estimate of drug-likeness (QED) is 0.283. The van der Waals surface area contributed by atoms with E-state index in [0.717, 1.165) is 6.54 Å². The third kappa shape index (κ3) is 17.0. The van der Waals surface area contributed by atoms with Gasteiger partial charge in [-0.3, -0.25) is 4.48 Å². The van der Waals surface area contributed by atoms with Gasteiger partial charge in [-0.1, -0.05) is 90.4 Å². The Labute approximate surface area is 163 Å². The van der Waals surface area contributed by atoms with Gasteiger partial charge >= 0.3 is 5.91 Å². The Bertz CT molecular complexity index is 279. The second kappa shape index (κ2) is 17.9. The molecule has 2 nitrogen and oxygen atoms in total. The van der Waals surface area contributed by atoms with Gasteiger partial charge in [-0.25, -0.2) is 4.79 Å². The molecule has 3 heteroatoms. The van der Waals surface area contributed by atoms with E-state index in [0.29, 0.717) is 4.48 Å². The van der Waals surface area contributed by atoms with Crippen molar-refractivity contribution in [1.29, 1.82) is 0 Å². The number of hydrogen-bond acceptors (Lipinski definition) is 1. The highest BCUT2D eigenvalue weighted by Gasteiger charge is 2.20. The highest BCUT2D eigenvalue weighted by Crippen LogP contribution is 2.13. The van der Waals surface area contributed by atoms with Crippen molar-refractivity contribution in [2.45, 2.75) is 110 Å². The number of rotatable bonds is 16. The molecule has 0 N–H and O–H groups in total. The van der Waals surface area contributed by atoms with Gasteiger partial charge in [-0.05, 0) is 12.8 Å². The number of carbonyl (C=O) groups excluding carboxylic acids is 1. The summed E-state index contributed by atoms with van der Waals surface area (Å²) < 4.78 is 0.540. The van der Waals surface area contributed by atoms with E-state index in [-0.39, 0.29) is 22.9 Å². The lowest BCUT2D eigenvalue weighted by atomic mass is 10.0. The van der Waals surface area contributed by atoms with E-state index in [9.17, 15) is 4.79 Å². The number of hydrogen-bond donors (Lipinski definition) is 0. The lowest BCUT2D eigenvalue weighted by Crippen LogP contribution is -3.00. The fourth-order valence-corrected chi connectivity index (χ4v) is 3.04. The molecule has 0 aromatic rings. The van der Waals surface area contributed by atoms with Crippen LogP contribution in [0.2, 0.25) is 0 Å². The molecular formula is C21H44BrNO. The van der Waals surface area contributed by atoms with Crippen LogP contribution in [0.1, 0.15) is 110 Å². The van der Waals surface area contributed by atoms with E-state index in [4.69, 9.17) is 0 Å². The van der Waals surface area contributed by atoms with E-state index in [1.165, 1.54) is 96.3 Å². The molecular weight excluding hydrogens is 362 g/mol. The van der Waals surface area contributed by atoms with Crippen molar-refractivity contribution < 1.29 is 26.3 Å². The number of unbranched alkanes of at least 4 members (excludes halogenated alkanes) is 14. The average molecular weight is 406 g/mol. The fraction of sp³-hybridized carbons (Fsp3) is 0.952. The van der Waals surface area contributed by atoms with Crippen LogP contribution in [0.25, 0.3) is 0 Å². The summed E-state index contributed by atoms with van der Waals surface area (Å²) in [5, 5.41) is 0. The lowest BCUT2D eigenvalue weighted by Gasteiger charge is -2.25. The number of amides is 1. The van der Waals surface area contributed by atoms with Crippen LogP contribution >= 0.6 is 0 Å². The van der Waals surface area contributed by atoms with Gasteiger partial charge in [0, 0.05) is 0 Å². The molecule has 0 bridgehead atoms. The zero-order valence-corrected chi connectivity index (χ0v) is 18.6. The zero-order valence-electron chi connectivity index (χ0n) is 17.0. The Kier molecular flexibility index (Phi) is 19.7. The molecule has 1 amide bonds. The summed E-state index contributed by atoms with van der Waals surface area (Å²) >= 11 is 0. The van der Waals surface area contributed by atoms with E-state index in [2.05, 4.69) is 6.92 Å². The van der Waals surface area contributed by atoms with Crippen molar-refractivity contribution in [2.75, 3.05) is 20.6 Å². The molecule has 0 radical (unpaired) electrons. The molecule has 0 atom stereocenters. The van der Waals surface area contributed by atoms with Gasteiger partial charge in [0.15, 0.2) is 0 Å². The summed E-state index contributed by atoms with van der Waals surface area (Å²) in [6.45, 7) is 4.98. The molecule has 0 heterocycles. The normalized spacial score (nSPS) is 11.3. The molecule has 0 saturated carbocycles. The van der Waals surface area contributed by atoms with Crippen LogP contribution in [-0.4, -0.2) is 31.0 Å². The lowest BCUT2D eigenvalue weighted by molar-refractivity contribution is -0.813. The minimum absolute atomic E-state index is 0. The summed E-state index contributed by atoms with van der Waals surface area (Å²) in [7, 11) is 4.04. The van der Waals surface area contributed by atoms with Gasteiger partial charge in [0.1, 0.15) is 0 Å². The monoisotopic (exact) mass is 405 g/mol. The van der Waals surface area contributed by atoms with E-state index < -0.39 is 0 Å². The van der Waals surface area contributed by atoms with Crippen LogP contribution < -0.4 is 17.0 Å². The van der Waals surface area contributed by atoms with Gasteiger partial charge in [0.25, 0.3) is 0 Å². The molecule has 0 aromatic heterocycles. The Morgan fingerprint density at radius 3 is 1.21 bits per heavy atom. The standard InChI is InChI=1S/C21H44NO.BrH/c1-5-6-7-8-9-10-11-12-13-14-15-16-17-18-19-20-22(3,4)21(2)23;/h5-20H2,1-4H3;1H/q+1;/p-1. The number of nitrogens with zero attached hydrogens (tertiary/aromatic N) is 1. The first-order valence-corrected chi connectivity index (χ1v) is 10.3. The van der Waals surface area contributed by atoms with Gasteiger partial charge in [0.05, 0.1) is 27.6 Å². The average Bonchev–Trinajstić information content (AvgIpc) is 2.51. The number of halogens is 1. The van der Waals surface area contributed by atoms with Gasteiger partial charge in [-0.15, -0.1) is 0 Å². The Morgan fingerprint density at radius 1 is 0.625 bits per heavy atom. The van der Waals surface area contributed by atoms with Crippen LogP contribution in [0.4, 0.5) is 0 Å². The molecule has 0 aliphatic carbocycles. The Balaban J connectivity index is 0. The highest BCUT2D eigenvalue weighted by atomic mass is 79.9. The molecule has 0 unspecified atom stereocenters. The second-order valence-electron chi connectivity index (χ2n) is 7.88. The summed E-state index contributed by atoms with van der Waals surface area (Å²) in [5.74, 6) is 0.273. The molecule has 0 spiro atoms. The molecule has 146 valence electrons. The predicted molar refractivity (Wildman–Crippen MR) is 103 cm³/mol. The SMILES string of the molecule is CCCCCCCCCCCCCCCCC[N+](C)(C)C(C)=O.[Br-]. The fourth-order valence-electron chi connectivity index (χ4n) is 3.04. The maximum atomic E-state index is 11.4. The molecule has 0 fully saturated rings. The van der Waals surface area contributed by atoms with Crippen LogP contribution in [-0.2, 0) is 4.79 Å². The zero-order chi connectivity index (χ0) is 17.4. The maximum Gasteiger partial charge on any atom is 0.310 e. The second-order valence-corrected chi connectivity index (χ2v) is 7.88. The summed E-state index contributed by atoms with van der Waals surface area (Å²) in [6.07, 6.45) is 20.9. The van der Waals surface area contributed by atoms with Crippen molar-refractivity contribution in [3.63, 3.8) is 0 Å². The molecule has 0 aromatic carbocycles. The Hall–Kier alpha value is 0.110. The topological polar surface area (TPSA) is 17.1 Å².